The second kappa shape index (κ2) is 5.45. The molecule has 6 nitrogen and oxygen atoms in total. The van der Waals surface area contributed by atoms with Crippen LogP contribution >= 0.6 is 27.5 Å². The average molecular weight is 332 g/mol. The predicted molar refractivity (Wildman–Crippen MR) is 67.2 cm³/mol. The van der Waals surface area contributed by atoms with Gasteiger partial charge < -0.3 is 9.84 Å². The standard InChI is InChI=1S/C10H8BrClN4O2/c1-5-15-8(18-16-5)4-14-10(17)7-2-6(11)3-13-9(7)12/h2-3H,4H2,1H3,(H,14,17). The molecule has 94 valence electrons. The molecule has 0 radical (unpaired) electrons. The topological polar surface area (TPSA) is 80.9 Å². The predicted octanol–water partition coefficient (Wildman–Crippen LogP) is 2.12. The normalized spacial score (nSPS) is 10.4. The summed E-state index contributed by atoms with van der Waals surface area (Å²) in [7, 11) is 0. The first kappa shape index (κ1) is 13.0. The van der Waals surface area contributed by atoms with E-state index in [-0.39, 0.29) is 23.2 Å². The number of aryl methyl sites for hydroxylation is 1. The van der Waals surface area contributed by atoms with Crippen LogP contribution in [0.2, 0.25) is 5.15 Å². The van der Waals surface area contributed by atoms with Crippen molar-refractivity contribution >= 4 is 33.4 Å². The number of nitrogens with zero attached hydrogens (tertiary/aromatic N) is 3. The van der Waals surface area contributed by atoms with E-state index < -0.39 is 0 Å². The Morgan fingerprint density at radius 3 is 3.06 bits per heavy atom. The van der Waals surface area contributed by atoms with Gasteiger partial charge in [-0.3, -0.25) is 4.79 Å². The van der Waals surface area contributed by atoms with E-state index in [1.54, 1.807) is 13.0 Å². The van der Waals surface area contributed by atoms with E-state index in [0.29, 0.717) is 16.2 Å². The molecule has 0 aromatic carbocycles. The SMILES string of the molecule is Cc1noc(CNC(=O)c2cc(Br)cnc2Cl)n1. The molecule has 18 heavy (non-hydrogen) atoms. The summed E-state index contributed by atoms with van der Waals surface area (Å²) in [6.45, 7) is 1.84. The Morgan fingerprint density at radius 2 is 2.39 bits per heavy atom. The lowest BCUT2D eigenvalue weighted by Crippen LogP contribution is -2.23. The Hall–Kier alpha value is -1.47. The van der Waals surface area contributed by atoms with Crippen molar-refractivity contribution in [2.24, 2.45) is 0 Å². The van der Waals surface area contributed by atoms with Crippen LogP contribution in [0, 0.1) is 6.92 Å². The van der Waals surface area contributed by atoms with Gasteiger partial charge in [0.1, 0.15) is 5.15 Å². The highest BCUT2D eigenvalue weighted by atomic mass is 79.9. The van der Waals surface area contributed by atoms with Crippen molar-refractivity contribution in [1.29, 1.82) is 0 Å². The summed E-state index contributed by atoms with van der Waals surface area (Å²) < 4.78 is 5.54. The van der Waals surface area contributed by atoms with Crippen LogP contribution in [0.1, 0.15) is 22.1 Å². The van der Waals surface area contributed by atoms with E-state index >= 15 is 0 Å². The van der Waals surface area contributed by atoms with E-state index in [1.807, 2.05) is 0 Å². The summed E-state index contributed by atoms with van der Waals surface area (Å²) >= 11 is 9.05. The monoisotopic (exact) mass is 330 g/mol. The van der Waals surface area contributed by atoms with Gasteiger partial charge in [0.2, 0.25) is 5.89 Å². The van der Waals surface area contributed by atoms with Gasteiger partial charge in [0.15, 0.2) is 5.82 Å². The molecule has 2 rings (SSSR count). The zero-order chi connectivity index (χ0) is 13.1. The second-order valence-corrected chi connectivity index (χ2v) is 4.68. The van der Waals surface area contributed by atoms with E-state index in [4.69, 9.17) is 16.1 Å². The Kier molecular flexibility index (Phi) is 3.93. The minimum atomic E-state index is -0.357. The minimum Gasteiger partial charge on any atom is -0.343 e. The number of pyridine rings is 1. The first-order valence-corrected chi connectivity index (χ1v) is 6.12. The smallest absolute Gasteiger partial charge is 0.254 e. The third-order valence-corrected chi connectivity index (χ3v) is 2.75. The van der Waals surface area contributed by atoms with Gasteiger partial charge in [-0.05, 0) is 28.9 Å². The lowest BCUT2D eigenvalue weighted by Gasteiger charge is -2.04. The quantitative estimate of drug-likeness (QED) is 0.871. The van der Waals surface area contributed by atoms with Gasteiger partial charge in [-0.25, -0.2) is 4.98 Å². The number of halogens is 2. The lowest BCUT2D eigenvalue weighted by molar-refractivity contribution is 0.0946. The van der Waals surface area contributed by atoms with E-state index in [1.165, 1.54) is 6.20 Å². The summed E-state index contributed by atoms with van der Waals surface area (Å²) in [4.78, 5) is 19.7. The zero-order valence-electron chi connectivity index (χ0n) is 9.28. The molecule has 0 atom stereocenters. The Labute approximate surface area is 116 Å². The zero-order valence-corrected chi connectivity index (χ0v) is 11.6. The van der Waals surface area contributed by atoms with Gasteiger partial charge >= 0.3 is 0 Å². The molecule has 0 saturated carbocycles. The molecule has 0 unspecified atom stereocenters. The fourth-order valence-corrected chi connectivity index (χ4v) is 1.77. The van der Waals surface area contributed by atoms with Gasteiger partial charge in [0, 0.05) is 10.7 Å². The maximum Gasteiger partial charge on any atom is 0.254 e. The summed E-state index contributed by atoms with van der Waals surface area (Å²) in [6, 6.07) is 1.59. The Morgan fingerprint density at radius 1 is 1.61 bits per heavy atom. The van der Waals surface area contributed by atoms with Crippen molar-refractivity contribution in [2.75, 3.05) is 0 Å². The van der Waals surface area contributed by atoms with Crippen LogP contribution in [-0.4, -0.2) is 21.0 Å². The molecule has 0 aliphatic heterocycles. The largest absolute Gasteiger partial charge is 0.343 e. The van der Waals surface area contributed by atoms with Crippen molar-refractivity contribution in [1.82, 2.24) is 20.4 Å². The molecule has 8 heteroatoms. The number of amides is 1. The fraction of sp³-hybridized carbons (Fsp3) is 0.200. The Balaban J connectivity index is 2.05. The molecule has 0 fully saturated rings. The van der Waals surface area contributed by atoms with Gasteiger partial charge in [-0.15, -0.1) is 0 Å². The van der Waals surface area contributed by atoms with Crippen molar-refractivity contribution < 1.29 is 9.32 Å². The lowest BCUT2D eigenvalue weighted by atomic mass is 10.2. The molecule has 2 aromatic rings. The third-order valence-electron chi connectivity index (χ3n) is 2.02. The van der Waals surface area contributed by atoms with E-state index in [0.717, 1.165) is 0 Å². The van der Waals surface area contributed by atoms with Crippen LogP contribution in [0.15, 0.2) is 21.3 Å². The number of carbonyl (C=O) groups excluding carboxylic acids is 1. The summed E-state index contributed by atoms with van der Waals surface area (Å²) in [6.07, 6.45) is 1.51. The van der Waals surface area contributed by atoms with Gasteiger partial charge in [-0.1, -0.05) is 16.8 Å². The average Bonchev–Trinajstić information content (AvgIpc) is 2.75. The molecule has 0 aliphatic carbocycles. The van der Waals surface area contributed by atoms with Gasteiger partial charge in [0.05, 0.1) is 12.1 Å². The van der Waals surface area contributed by atoms with Crippen LogP contribution in [0.4, 0.5) is 0 Å². The van der Waals surface area contributed by atoms with E-state index in [9.17, 15) is 4.79 Å². The van der Waals surface area contributed by atoms with Crippen molar-refractivity contribution in [2.45, 2.75) is 13.5 Å². The van der Waals surface area contributed by atoms with E-state index in [2.05, 4.69) is 36.4 Å². The summed E-state index contributed by atoms with van der Waals surface area (Å²) in [5, 5.41) is 6.37. The number of hydrogen-bond acceptors (Lipinski definition) is 5. The highest BCUT2D eigenvalue weighted by Crippen LogP contribution is 2.17. The number of rotatable bonds is 3. The number of aromatic nitrogens is 3. The number of carbonyl (C=O) groups is 1. The molecule has 0 bridgehead atoms. The Bertz CT molecular complexity index is 587. The van der Waals surface area contributed by atoms with Gasteiger partial charge in [-0.2, -0.15) is 4.98 Å². The molecule has 1 N–H and O–H groups in total. The molecular weight excluding hydrogens is 323 g/mol. The highest BCUT2D eigenvalue weighted by molar-refractivity contribution is 9.10. The fourth-order valence-electron chi connectivity index (χ4n) is 1.24. The second-order valence-electron chi connectivity index (χ2n) is 3.41. The van der Waals surface area contributed by atoms with Crippen LogP contribution in [0.5, 0.6) is 0 Å². The molecule has 0 spiro atoms. The van der Waals surface area contributed by atoms with Crippen molar-refractivity contribution in [3.05, 3.63) is 39.2 Å². The van der Waals surface area contributed by atoms with Crippen LogP contribution in [0.25, 0.3) is 0 Å². The molecule has 2 heterocycles. The van der Waals surface area contributed by atoms with Crippen LogP contribution < -0.4 is 5.32 Å². The molecule has 1 amide bonds. The highest BCUT2D eigenvalue weighted by Gasteiger charge is 2.13. The first-order valence-electron chi connectivity index (χ1n) is 4.94. The first-order chi connectivity index (χ1) is 8.56. The van der Waals surface area contributed by atoms with Crippen molar-refractivity contribution in [3.8, 4) is 0 Å². The van der Waals surface area contributed by atoms with Crippen LogP contribution in [0.3, 0.4) is 0 Å². The number of hydrogen-bond donors (Lipinski definition) is 1. The third kappa shape index (κ3) is 3.05. The van der Waals surface area contributed by atoms with Crippen LogP contribution in [-0.2, 0) is 6.54 Å². The van der Waals surface area contributed by atoms with Gasteiger partial charge in [0.25, 0.3) is 5.91 Å². The van der Waals surface area contributed by atoms with Crippen molar-refractivity contribution in [3.63, 3.8) is 0 Å². The molecular formula is C10H8BrClN4O2. The molecule has 0 saturated heterocycles. The maximum absolute atomic E-state index is 11.9. The summed E-state index contributed by atoms with van der Waals surface area (Å²) in [5.41, 5.74) is 0.280. The maximum atomic E-state index is 11.9. The minimum absolute atomic E-state index is 0.136. The summed E-state index contributed by atoms with van der Waals surface area (Å²) in [5.74, 6) is 0.492. The number of nitrogens with one attached hydrogen (secondary N) is 1. The molecule has 0 aliphatic rings. The molecule has 2 aromatic heterocycles.